The van der Waals surface area contributed by atoms with E-state index in [-0.39, 0.29) is 29.4 Å². The Morgan fingerprint density at radius 2 is 1.75 bits per heavy atom. The molecule has 0 saturated carbocycles. The highest BCUT2D eigenvalue weighted by Crippen LogP contribution is 2.35. The predicted molar refractivity (Wildman–Crippen MR) is 104 cm³/mol. The maximum absolute atomic E-state index is 13.7. The molecule has 0 fully saturated rings. The van der Waals surface area contributed by atoms with Gasteiger partial charge in [0.15, 0.2) is 28.5 Å². The van der Waals surface area contributed by atoms with Gasteiger partial charge in [-0.25, -0.2) is 13.9 Å². The van der Waals surface area contributed by atoms with Gasteiger partial charge >= 0.3 is 6.18 Å². The minimum Gasteiger partial charge on any atom is -0.454 e. The predicted octanol–water partition coefficient (Wildman–Crippen LogP) is 4.54. The number of nitrogens with one attached hydrogen (secondary N) is 1. The van der Waals surface area contributed by atoms with Crippen LogP contribution in [0.2, 0.25) is 0 Å². The normalized spacial score (nSPS) is 12.9. The lowest BCUT2D eigenvalue weighted by Crippen LogP contribution is -2.15. The number of benzene rings is 2. The molecule has 2 aromatic heterocycles. The Kier molecular flexibility index (Phi) is 4.47. The Morgan fingerprint density at radius 1 is 1.00 bits per heavy atom. The number of hydrogen-bond acceptors (Lipinski definition) is 5. The SMILES string of the molecule is O=C(Nc1ccc2c(c1)OCO2)c1cc2nc(-c3ccc(F)cc3)cc(C(F)(F)F)n2n1. The summed E-state index contributed by atoms with van der Waals surface area (Å²) in [4.78, 5) is 16.8. The summed E-state index contributed by atoms with van der Waals surface area (Å²) in [6.07, 6.45) is -4.77. The summed E-state index contributed by atoms with van der Waals surface area (Å²) in [5.41, 5.74) is -0.970. The summed E-state index contributed by atoms with van der Waals surface area (Å²) >= 11 is 0. The summed E-state index contributed by atoms with van der Waals surface area (Å²) in [6.45, 7) is 0.0570. The first-order chi connectivity index (χ1) is 15.3. The monoisotopic (exact) mass is 444 g/mol. The Hall–Kier alpha value is -4.15. The van der Waals surface area contributed by atoms with Crippen molar-refractivity contribution in [1.82, 2.24) is 14.6 Å². The number of carbonyl (C=O) groups is 1. The molecule has 2 aromatic carbocycles. The topological polar surface area (TPSA) is 77.8 Å². The lowest BCUT2D eigenvalue weighted by molar-refractivity contribution is -0.142. The van der Waals surface area contributed by atoms with E-state index in [1.165, 1.54) is 18.2 Å². The third kappa shape index (κ3) is 3.57. The molecule has 0 radical (unpaired) electrons. The number of alkyl halides is 3. The number of carbonyl (C=O) groups excluding carboxylic acids is 1. The lowest BCUT2D eigenvalue weighted by Gasteiger charge is -2.11. The molecule has 5 rings (SSSR count). The van der Waals surface area contributed by atoms with Gasteiger partial charge in [0.2, 0.25) is 6.79 Å². The number of nitrogens with zero attached hydrogens (tertiary/aromatic N) is 3. The average molecular weight is 444 g/mol. The molecule has 0 unspecified atom stereocenters. The zero-order chi connectivity index (χ0) is 22.5. The third-order valence-electron chi connectivity index (χ3n) is 4.72. The van der Waals surface area contributed by atoms with Crippen LogP contribution in [-0.2, 0) is 6.18 Å². The fourth-order valence-corrected chi connectivity index (χ4v) is 3.23. The molecule has 0 aliphatic carbocycles. The van der Waals surface area contributed by atoms with E-state index in [4.69, 9.17) is 9.47 Å². The fraction of sp³-hybridized carbons (Fsp3) is 0.0952. The van der Waals surface area contributed by atoms with Crippen molar-refractivity contribution in [3.8, 4) is 22.8 Å². The smallest absolute Gasteiger partial charge is 0.433 e. The van der Waals surface area contributed by atoms with Gasteiger partial charge in [-0.05, 0) is 42.5 Å². The minimum atomic E-state index is -4.77. The van der Waals surface area contributed by atoms with Crippen LogP contribution in [0.1, 0.15) is 16.2 Å². The molecular weight excluding hydrogens is 432 g/mol. The molecular formula is C21H12F4N4O3. The summed E-state index contributed by atoms with van der Waals surface area (Å²) in [7, 11) is 0. The van der Waals surface area contributed by atoms with E-state index in [1.807, 2.05) is 0 Å². The van der Waals surface area contributed by atoms with Crippen LogP contribution >= 0.6 is 0 Å². The maximum atomic E-state index is 13.7. The second kappa shape index (κ2) is 7.22. The first-order valence-corrected chi connectivity index (χ1v) is 9.23. The fourth-order valence-electron chi connectivity index (χ4n) is 3.23. The highest BCUT2D eigenvalue weighted by Gasteiger charge is 2.35. The number of ether oxygens (including phenoxy) is 2. The molecule has 3 heterocycles. The molecule has 1 amide bonds. The van der Waals surface area contributed by atoms with Crippen molar-refractivity contribution < 1.29 is 31.8 Å². The number of fused-ring (bicyclic) bond motifs is 2. The Bertz CT molecular complexity index is 1350. The molecule has 0 spiro atoms. The van der Waals surface area contributed by atoms with Gasteiger partial charge < -0.3 is 14.8 Å². The van der Waals surface area contributed by atoms with Gasteiger partial charge in [-0.15, -0.1) is 0 Å². The molecule has 11 heteroatoms. The number of hydrogen-bond donors (Lipinski definition) is 1. The average Bonchev–Trinajstić information content (AvgIpc) is 3.39. The van der Waals surface area contributed by atoms with E-state index >= 15 is 0 Å². The van der Waals surface area contributed by atoms with Gasteiger partial charge in [0.25, 0.3) is 5.91 Å². The van der Waals surface area contributed by atoms with E-state index in [0.29, 0.717) is 21.7 Å². The first kappa shape index (κ1) is 19.8. The van der Waals surface area contributed by atoms with Gasteiger partial charge in [0.05, 0.1) is 5.69 Å². The van der Waals surface area contributed by atoms with Gasteiger partial charge in [-0.1, -0.05) is 0 Å². The number of halogens is 4. The van der Waals surface area contributed by atoms with Crippen molar-refractivity contribution >= 4 is 17.2 Å². The van der Waals surface area contributed by atoms with Gasteiger partial charge in [0, 0.05) is 23.4 Å². The molecule has 7 nitrogen and oxygen atoms in total. The van der Waals surface area contributed by atoms with Gasteiger partial charge in [-0.2, -0.15) is 18.3 Å². The quantitative estimate of drug-likeness (QED) is 0.470. The Balaban J connectivity index is 1.53. The second-order valence-electron chi connectivity index (χ2n) is 6.85. The minimum absolute atomic E-state index is 0.0348. The third-order valence-corrected chi connectivity index (χ3v) is 4.72. The molecule has 0 saturated heterocycles. The molecule has 1 N–H and O–H groups in total. The zero-order valence-electron chi connectivity index (χ0n) is 16.0. The van der Waals surface area contributed by atoms with Crippen molar-refractivity contribution in [3.05, 3.63) is 71.8 Å². The maximum Gasteiger partial charge on any atom is 0.433 e. The van der Waals surface area contributed by atoms with Crippen LogP contribution in [-0.4, -0.2) is 27.3 Å². The first-order valence-electron chi connectivity index (χ1n) is 9.23. The van der Waals surface area contributed by atoms with Crippen LogP contribution < -0.4 is 14.8 Å². The Morgan fingerprint density at radius 3 is 2.50 bits per heavy atom. The number of rotatable bonds is 3. The number of amides is 1. The molecule has 32 heavy (non-hydrogen) atoms. The Labute approximate surface area is 177 Å². The summed E-state index contributed by atoms with van der Waals surface area (Å²) in [5, 5.41) is 6.36. The summed E-state index contributed by atoms with van der Waals surface area (Å²) < 4.78 is 65.2. The number of aromatic nitrogens is 3. The van der Waals surface area contributed by atoms with Crippen LogP contribution in [0.25, 0.3) is 16.9 Å². The molecule has 4 aromatic rings. The molecule has 162 valence electrons. The largest absolute Gasteiger partial charge is 0.454 e. The van der Waals surface area contributed by atoms with E-state index in [1.54, 1.807) is 12.1 Å². The zero-order valence-corrected chi connectivity index (χ0v) is 16.0. The van der Waals surface area contributed by atoms with Crippen molar-refractivity contribution in [3.63, 3.8) is 0 Å². The van der Waals surface area contributed by atoms with Gasteiger partial charge in [-0.3, -0.25) is 4.79 Å². The lowest BCUT2D eigenvalue weighted by atomic mass is 10.1. The second-order valence-corrected chi connectivity index (χ2v) is 6.85. The van der Waals surface area contributed by atoms with Crippen molar-refractivity contribution in [2.45, 2.75) is 6.18 Å². The molecule has 1 aliphatic heterocycles. The van der Waals surface area contributed by atoms with Crippen molar-refractivity contribution in [1.29, 1.82) is 0 Å². The van der Waals surface area contributed by atoms with Crippen molar-refractivity contribution in [2.75, 3.05) is 12.1 Å². The molecule has 0 bridgehead atoms. The van der Waals surface area contributed by atoms with Crippen LogP contribution in [0.3, 0.4) is 0 Å². The highest BCUT2D eigenvalue weighted by atomic mass is 19.4. The summed E-state index contributed by atoms with van der Waals surface area (Å²) in [5.74, 6) is -0.311. The van der Waals surface area contributed by atoms with E-state index in [0.717, 1.165) is 24.3 Å². The van der Waals surface area contributed by atoms with Crippen LogP contribution in [0, 0.1) is 5.82 Å². The molecule has 1 aliphatic rings. The summed E-state index contributed by atoms with van der Waals surface area (Å²) in [6, 6.07) is 11.5. The number of anilines is 1. The van der Waals surface area contributed by atoms with Crippen LogP contribution in [0.4, 0.5) is 23.2 Å². The standard InChI is InChI=1S/C21H12F4N4O3/c22-12-3-1-11(2-4-12)14-8-18(21(23,24)25)29-19(27-14)9-15(28-29)20(30)26-13-5-6-16-17(7-13)32-10-31-16/h1-9H,10H2,(H,26,30). The van der Waals surface area contributed by atoms with Gasteiger partial charge in [0.1, 0.15) is 5.82 Å². The molecule has 0 atom stereocenters. The van der Waals surface area contributed by atoms with E-state index in [2.05, 4.69) is 15.4 Å². The van der Waals surface area contributed by atoms with Crippen molar-refractivity contribution in [2.24, 2.45) is 0 Å². The van der Waals surface area contributed by atoms with Crippen LogP contribution in [0.5, 0.6) is 11.5 Å². The van der Waals surface area contributed by atoms with E-state index in [9.17, 15) is 22.4 Å². The highest BCUT2D eigenvalue weighted by molar-refractivity contribution is 6.03. The van der Waals surface area contributed by atoms with E-state index < -0.39 is 23.6 Å². The van der Waals surface area contributed by atoms with Crippen LogP contribution in [0.15, 0.2) is 54.6 Å².